The fraction of sp³-hybridized carbons (Fsp3) is 0.444. The molecule has 2 aromatic heterocycles. The highest BCUT2D eigenvalue weighted by Crippen LogP contribution is 2.21. The third-order valence-corrected chi connectivity index (χ3v) is 4.64. The van der Waals surface area contributed by atoms with E-state index in [0.717, 1.165) is 30.1 Å². The Hall–Kier alpha value is -2.05. The van der Waals surface area contributed by atoms with E-state index in [9.17, 15) is 4.79 Å². The zero-order valence-corrected chi connectivity index (χ0v) is 15.9. The van der Waals surface area contributed by atoms with Gasteiger partial charge in [0.2, 0.25) is 5.91 Å². The van der Waals surface area contributed by atoms with Crippen LogP contribution in [0.2, 0.25) is 5.15 Å². The molecule has 6 nitrogen and oxygen atoms in total. The lowest BCUT2D eigenvalue weighted by Gasteiger charge is -2.28. The number of likely N-dealkylation sites (N-methyl/N-ethyl adjacent to an activating group) is 1. The van der Waals surface area contributed by atoms with Gasteiger partial charge in [-0.15, -0.1) is 0 Å². The van der Waals surface area contributed by atoms with Crippen molar-refractivity contribution in [1.29, 1.82) is 0 Å². The number of rotatable bonds is 8. The van der Waals surface area contributed by atoms with Crippen molar-refractivity contribution in [2.75, 3.05) is 19.6 Å². The second-order valence-corrected chi connectivity index (χ2v) is 6.10. The Kier molecular flexibility index (Phi) is 6.84. The minimum atomic E-state index is -0.178. The number of nitrogens with one attached hydrogen (secondary N) is 1. The van der Waals surface area contributed by atoms with Crippen LogP contribution in [0.5, 0.6) is 0 Å². The third-order valence-electron chi connectivity index (χ3n) is 4.19. The van der Waals surface area contributed by atoms with Crippen molar-refractivity contribution in [2.24, 2.45) is 7.05 Å². The molecular weight excluding hydrogens is 340 g/mol. The van der Waals surface area contributed by atoms with Gasteiger partial charge in [-0.05, 0) is 38.2 Å². The molecule has 0 radical (unpaired) electrons. The molecule has 0 aromatic carbocycles. The van der Waals surface area contributed by atoms with Gasteiger partial charge in [-0.1, -0.05) is 25.4 Å². The Morgan fingerprint density at radius 3 is 2.72 bits per heavy atom. The van der Waals surface area contributed by atoms with Gasteiger partial charge in [0, 0.05) is 25.2 Å². The molecule has 1 amide bonds. The Balaban J connectivity index is 2.02. The zero-order valence-electron chi connectivity index (χ0n) is 15.1. The summed E-state index contributed by atoms with van der Waals surface area (Å²) in [7, 11) is 1.77. The lowest BCUT2D eigenvalue weighted by molar-refractivity contribution is -0.116. The first-order valence-electron chi connectivity index (χ1n) is 8.40. The maximum absolute atomic E-state index is 12.2. The summed E-state index contributed by atoms with van der Waals surface area (Å²) < 4.78 is 7.12. The van der Waals surface area contributed by atoms with Crippen molar-refractivity contribution in [3.05, 3.63) is 46.6 Å². The number of carbonyl (C=O) groups excluding carboxylic acids is 1. The number of aryl methyl sites for hydroxylation is 2. The normalized spacial score (nSPS) is 12.9. The summed E-state index contributed by atoms with van der Waals surface area (Å²) in [5, 5.41) is 7.68. The fourth-order valence-corrected chi connectivity index (χ4v) is 3.04. The standard InChI is InChI=1S/C18H25ClN4O2/c1-5-23(6-2)15(16-8-7-11-25-16)12-20-17(24)10-9-14-13(3)21-22(4)18(14)19/h7-11,15H,5-6,12H2,1-4H3,(H,20,24)/b10-9+. The predicted molar refractivity (Wildman–Crippen MR) is 99.4 cm³/mol. The molecule has 0 fully saturated rings. The molecule has 0 aliphatic heterocycles. The van der Waals surface area contributed by atoms with Crippen molar-refractivity contribution in [3.63, 3.8) is 0 Å². The topological polar surface area (TPSA) is 63.3 Å². The number of amides is 1. The first-order valence-corrected chi connectivity index (χ1v) is 8.78. The summed E-state index contributed by atoms with van der Waals surface area (Å²) in [6.45, 7) is 8.26. The van der Waals surface area contributed by atoms with Gasteiger partial charge in [-0.25, -0.2) is 0 Å². The van der Waals surface area contributed by atoms with Crippen molar-refractivity contribution >= 4 is 23.6 Å². The predicted octanol–water partition coefficient (Wildman–Crippen LogP) is 3.19. The Labute approximate surface area is 153 Å². The molecule has 0 saturated heterocycles. The molecule has 0 aliphatic carbocycles. The molecule has 1 atom stereocenters. The summed E-state index contributed by atoms with van der Waals surface area (Å²) >= 11 is 6.17. The van der Waals surface area contributed by atoms with E-state index < -0.39 is 0 Å². The van der Waals surface area contributed by atoms with Crippen LogP contribution in [-0.4, -0.2) is 40.2 Å². The lowest BCUT2D eigenvalue weighted by Crippen LogP contribution is -2.37. The van der Waals surface area contributed by atoms with Gasteiger partial charge >= 0.3 is 0 Å². The quantitative estimate of drug-likeness (QED) is 0.731. The fourth-order valence-electron chi connectivity index (χ4n) is 2.81. The summed E-state index contributed by atoms with van der Waals surface area (Å²) in [5.41, 5.74) is 1.54. The number of aromatic nitrogens is 2. The van der Waals surface area contributed by atoms with Crippen LogP contribution in [0, 0.1) is 6.92 Å². The van der Waals surface area contributed by atoms with E-state index in [1.807, 2.05) is 19.1 Å². The van der Waals surface area contributed by atoms with Gasteiger partial charge in [-0.2, -0.15) is 5.10 Å². The molecule has 2 aromatic rings. The number of hydrogen-bond acceptors (Lipinski definition) is 4. The van der Waals surface area contributed by atoms with E-state index in [2.05, 4.69) is 29.2 Å². The highest BCUT2D eigenvalue weighted by Gasteiger charge is 2.20. The van der Waals surface area contributed by atoms with Crippen molar-refractivity contribution in [3.8, 4) is 0 Å². The number of nitrogens with zero attached hydrogens (tertiary/aromatic N) is 3. The second-order valence-electron chi connectivity index (χ2n) is 5.74. The molecule has 1 unspecified atom stereocenters. The third kappa shape index (κ3) is 4.74. The van der Waals surface area contributed by atoms with E-state index in [4.69, 9.17) is 16.0 Å². The highest BCUT2D eigenvalue weighted by molar-refractivity contribution is 6.31. The molecule has 0 spiro atoms. The summed E-state index contributed by atoms with van der Waals surface area (Å²) in [6.07, 6.45) is 4.83. The van der Waals surface area contributed by atoms with Gasteiger partial charge in [0.05, 0.1) is 18.0 Å². The molecule has 1 N–H and O–H groups in total. The number of furan rings is 1. The van der Waals surface area contributed by atoms with Crippen molar-refractivity contribution in [1.82, 2.24) is 20.0 Å². The first-order chi connectivity index (χ1) is 12.0. The van der Waals surface area contributed by atoms with Crippen molar-refractivity contribution in [2.45, 2.75) is 26.8 Å². The molecular formula is C18H25ClN4O2. The largest absolute Gasteiger partial charge is 0.468 e. The van der Waals surface area contributed by atoms with Gasteiger partial charge < -0.3 is 9.73 Å². The monoisotopic (exact) mass is 364 g/mol. The smallest absolute Gasteiger partial charge is 0.244 e. The van der Waals surface area contributed by atoms with Crippen LogP contribution in [-0.2, 0) is 11.8 Å². The van der Waals surface area contributed by atoms with Crippen LogP contribution in [0.15, 0.2) is 28.9 Å². The van der Waals surface area contributed by atoms with Crippen LogP contribution in [0.4, 0.5) is 0 Å². The molecule has 2 rings (SSSR count). The zero-order chi connectivity index (χ0) is 18.4. The van der Waals surface area contributed by atoms with Crippen LogP contribution in [0.1, 0.15) is 36.9 Å². The average Bonchev–Trinajstić information content (AvgIpc) is 3.19. The number of halogens is 1. The molecule has 0 bridgehead atoms. The first kappa shape index (κ1) is 19.3. The summed E-state index contributed by atoms with van der Waals surface area (Å²) in [5.74, 6) is 0.669. The molecule has 136 valence electrons. The van der Waals surface area contributed by atoms with Crippen LogP contribution < -0.4 is 5.32 Å². The van der Waals surface area contributed by atoms with E-state index in [-0.39, 0.29) is 11.9 Å². The molecule has 7 heteroatoms. The van der Waals surface area contributed by atoms with Crippen LogP contribution in [0.25, 0.3) is 6.08 Å². The van der Waals surface area contributed by atoms with Gasteiger partial charge in [0.25, 0.3) is 0 Å². The van der Waals surface area contributed by atoms with Crippen molar-refractivity contribution < 1.29 is 9.21 Å². The number of carbonyl (C=O) groups is 1. The van der Waals surface area contributed by atoms with Gasteiger partial charge in [-0.3, -0.25) is 14.4 Å². The van der Waals surface area contributed by atoms with Gasteiger partial charge in [0.15, 0.2) is 0 Å². The number of hydrogen-bond donors (Lipinski definition) is 1. The molecule has 0 saturated carbocycles. The average molecular weight is 365 g/mol. The van der Waals surface area contributed by atoms with E-state index >= 15 is 0 Å². The lowest BCUT2D eigenvalue weighted by atomic mass is 10.2. The molecule has 0 aliphatic rings. The maximum Gasteiger partial charge on any atom is 0.244 e. The SMILES string of the molecule is CCN(CC)C(CNC(=O)/C=C/c1c(C)nn(C)c1Cl)c1ccco1. The maximum atomic E-state index is 12.2. The van der Waals surface area contributed by atoms with E-state index in [1.165, 1.54) is 6.08 Å². The second kappa shape index (κ2) is 8.87. The minimum Gasteiger partial charge on any atom is -0.468 e. The summed E-state index contributed by atoms with van der Waals surface area (Å²) in [4.78, 5) is 14.4. The molecule has 2 heterocycles. The van der Waals surface area contributed by atoms with E-state index in [0.29, 0.717) is 11.7 Å². The Morgan fingerprint density at radius 1 is 1.48 bits per heavy atom. The minimum absolute atomic E-state index is 0.00562. The Morgan fingerprint density at radius 2 is 2.20 bits per heavy atom. The summed E-state index contributed by atoms with van der Waals surface area (Å²) in [6, 6.07) is 3.80. The van der Waals surface area contributed by atoms with Gasteiger partial charge in [0.1, 0.15) is 10.9 Å². The highest BCUT2D eigenvalue weighted by atomic mass is 35.5. The van der Waals surface area contributed by atoms with Crippen LogP contribution >= 0.6 is 11.6 Å². The van der Waals surface area contributed by atoms with Crippen LogP contribution in [0.3, 0.4) is 0 Å². The molecule has 25 heavy (non-hydrogen) atoms. The Bertz CT molecular complexity index is 718. The van der Waals surface area contributed by atoms with E-state index in [1.54, 1.807) is 24.1 Å².